The van der Waals surface area contributed by atoms with E-state index in [0.717, 1.165) is 12.1 Å². The third kappa shape index (κ3) is 2.24. The number of anilines is 4. The van der Waals surface area contributed by atoms with Crippen molar-refractivity contribution in [2.75, 3.05) is 22.9 Å². The first-order valence-corrected chi connectivity index (χ1v) is 5.51. The standard InChI is InChI=1S/C13H14F2N4/c14-13(15,7-1-3-9(16)11(18)5-7)8-2-4-10(17)12(19)6-8/h1-6H,16-19H2. The van der Waals surface area contributed by atoms with Gasteiger partial charge < -0.3 is 22.9 Å². The highest BCUT2D eigenvalue weighted by molar-refractivity contribution is 5.67. The first-order chi connectivity index (χ1) is 8.82. The summed E-state index contributed by atoms with van der Waals surface area (Å²) in [4.78, 5) is 0. The van der Waals surface area contributed by atoms with E-state index in [1.54, 1.807) is 0 Å². The van der Waals surface area contributed by atoms with Gasteiger partial charge in [-0.15, -0.1) is 0 Å². The van der Waals surface area contributed by atoms with Crippen LogP contribution in [0.4, 0.5) is 31.5 Å². The van der Waals surface area contributed by atoms with E-state index in [-0.39, 0.29) is 33.9 Å². The zero-order valence-corrected chi connectivity index (χ0v) is 10.0. The highest BCUT2D eigenvalue weighted by Crippen LogP contribution is 2.38. The number of nitrogen functional groups attached to an aromatic ring is 4. The van der Waals surface area contributed by atoms with Gasteiger partial charge in [0.15, 0.2) is 0 Å². The largest absolute Gasteiger partial charge is 0.397 e. The van der Waals surface area contributed by atoms with Gasteiger partial charge in [-0.2, -0.15) is 8.78 Å². The summed E-state index contributed by atoms with van der Waals surface area (Å²) in [7, 11) is 0. The van der Waals surface area contributed by atoms with Gasteiger partial charge in [-0.25, -0.2) is 0 Å². The molecule has 0 amide bonds. The zero-order valence-electron chi connectivity index (χ0n) is 10.0. The molecular weight excluding hydrogens is 250 g/mol. The Kier molecular flexibility index (Phi) is 2.94. The Balaban J connectivity index is 2.51. The van der Waals surface area contributed by atoms with Crippen molar-refractivity contribution in [3.8, 4) is 0 Å². The molecule has 0 spiro atoms. The van der Waals surface area contributed by atoms with E-state index in [1.807, 2.05) is 0 Å². The van der Waals surface area contributed by atoms with Gasteiger partial charge in [0.1, 0.15) is 0 Å². The molecule has 0 heterocycles. The van der Waals surface area contributed by atoms with E-state index in [4.69, 9.17) is 22.9 Å². The molecule has 100 valence electrons. The molecule has 4 nitrogen and oxygen atoms in total. The summed E-state index contributed by atoms with van der Waals surface area (Å²) in [5.41, 5.74) is 22.4. The fourth-order valence-electron chi connectivity index (χ4n) is 1.71. The van der Waals surface area contributed by atoms with Crippen LogP contribution in [0.3, 0.4) is 0 Å². The number of halogens is 2. The Labute approximate surface area is 109 Å². The van der Waals surface area contributed by atoms with E-state index in [1.165, 1.54) is 24.3 Å². The maximum absolute atomic E-state index is 14.3. The molecule has 0 aliphatic carbocycles. The maximum Gasteiger partial charge on any atom is 0.298 e. The maximum atomic E-state index is 14.3. The van der Waals surface area contributed by atoms with Crippen molar-refractivity contribution < 1.29 is 8.78 Å². The molecule has 2 rings (SSSR count). The summed E-state index contributed by atoms with van der Waals surface area (Å²) in [6.45, 7) is 0. The van der Waals surface area contributed by atoms with Crippen molar-refractivity contribution in [1.29, 1.82) is 0 Å². The second-order valence-corrected chi connectivity index (χ2v) is 4.26. The quantitative estimate of drug-likeness (QED) is 0.624. The van der Waals surface area contributed by atoms with E-state index < -0.39 is 5.92 Å². The number of alkyl halides is 2. The molecule has 8 N–H and O–H groups in total. The molecule has 0 atom stereocenters. The van der Waals surface area contributed by atoms with Gasteiger partial charge in [-0.05, 0) is 24.3 Å². The second-order valence-electron chi connectivity index (χ2n) is 4.26. The normalized spacial score (nSPS) is 11.5. The summed E-state index contributed by atoms with van der Waals surface area (Å²) in [6.07, 6.45) is 0. The van der Waals surface area contributed by atoms with Crippen LogP contribution in [-0.4, -0.2) is 0 Å². The molecule has 0 radical (unpaired) electrons. The van der Waals surface area contributed by atoms with Crippen LogP contribution in [0.5, 0.6) is 0 Å². The fraction of sp³-hybridized carbons (Fsp3) is 0.0769. The molecule has 2 aromatic rings. The molecule has 2 aromatic carbocycles. The van der Waals surface area contributed by atoms with Gasteiger partial charge in [-0.1, -0.05) is 12.1 Å². The van der Waals surface area contributed by atoms with Crippen molar-refractivity contribution in [2.24, 2.45) is 0 Å². The third-order valence-electron chi connectivity index (χ3n) is 2.90. The molecule has 6 heteroatoms. The van der Waals surface area contributed by atoms with Gasteiger partial charge in [-0.3, -0.25) is 0 Å². The van der Waals surface area contributed by atoms with Gasteiger partial charge >= 0.3 is 0 Å². The fourth-order valence-corrected chi connectivity index (χ4v) is 1.71. The van der Waals surface area contributed by atoms with Crippen LogP contribution in [0, 0.1) is 0 Å². The van der Waals surface area contributed by atoms with Crippen LogP contribution in [0.1, 0.15) is 11.1 Å². The highest BCUT2D eigenvalue weighted by Gasteiger charge is 2.34. The Morgan fingerprint density at radius 1 is 0.632 bits per heavy atom. The minimum Gasteiger partial charge on any atom is -0.397 e. The summed E-state index contributed by atoms with van der Waals surface area (Å²) in [5.74, 6) is -3.22. The average molecular weight is 264 g/mol. The topological polar surface area (TPSA) is 104 Å². The highest BCUT2D eigenvalue weighted by atomic mass is 19.3. The Morgan fingerprint density at radius 2 is 1.00 bits per heavy atom. The molecule has 0 bridgehead atoms. The van der Waals surface area contributed by atoms with Crippen molar-refractivity contribution in [3.05, 3.63) is 47.5 Å². The molecule has 0 unspecified atom stereocenters. The molecular formula is C13H14F2N4. The SMILES string of the molecule is Nc1ccc(C(F)(F)c2ccc(N)c(N)c2)cc1N. The van der Waals surface area contributed by atoms with Gasteiger partial charge in [0.05, 0.1) is 22.7 Å². The Bertz CT molecular complexity index is 573. The lowest BCUT2D eigenvalue weighted by Gasteiger charge is -2.19. The van der Waals surface area contributed by atoms with Crippen LogP contribution in [0.15, 0.2) is 36.4 Å². The number of nitrogens with two attached hydrogens (primary N) is 4. The summed E-state index contributed by atoms with van der Waals surface area (Å²) in [6, 6.07) is 7.47. The monoisotopic (exact) mass is 264 g/mol. The van der Waals surface area contributed by atoms with Crippen molar-refractivity contribution in [2.45, 2.75) is 5.92 Å². The van der Waals surface area contributed by atoms with Crippen molar-refractivity contribution in [3.63, 3.8) is 0 Å². The van der Waals surface area contributed by atoms with Crippen molar-refractivity contribution >= 4 is 22.7 Å². The number of benzene rings is 2. The lowest BCUT2D eigenvalue weighted by atomic mass is 9.98. The minimum atomic E-state index is -3.22. The van der Waals surface area contributed by atoms with Gasteiger partial charge in [0.2, 0.25) is 0 Å². The molecule has 0 aliphatic heterocycles. The number of hydrogen-bond donors (Lipinski definition) is 4. The zero-order chi connectivity index (χ0) is 14.2. The molecule has 0 fully saturated rings. The predicted molar refractivity (Wildman–Crippen MR) is 73.5 cm³/mol. The lowest BCUT2D eigenvalue weighted by molar-refractivity contribution is 0.0430. The van der Waals surface area contributed by atoms with Gasteiger partial charge in [0, 0.05) is 11.1 Å². The van der Waals surface area contributed by atoms with Crippen LogP contribution >= 0.6 is 0 Å². The van der Waals surface area contributed by atoms with E-state index in [2.05, 4.69) is 0 Å². The lowest BCUT2D eigenvalue weighted by Crippen LogP contribution is -2.16. The van der Waals surface area contributed by atoms with E-state index >= 15 is 0 Å². The minimum absolute atomic E-state index is 0.112. The third-order valence-corrected chi connectivity index (χ3v) is 2.90. The summed E-state index contributed by atoms with van der Waals surface area (Å²) >= 11 is 0. The molecule has 0 saturated carbocycles. The Morgan fingerprint density at radius 3 is 1.32 bits per heavy atom. The summed E-state index contributed by atoms with van der Waals surface area (Å²) < 4.78 is 28.6. The van der Waals surface area contributed by atoms with Gasteiger partial charge in [0.25, 0.3) is 5.92 Å². The average Bonchev–Trinajstić information content (AvgIpc) is 2.35. The van der Waals surface area contributed by atoms with Crippen LogP contribution < -0.4 is 22.9 Å². The number of rotatable bonds is 2. The van der Waals surface area contributed by atoms with Crippen molar-refractivity contribution in [1.82, 2.24) is 0 Å². The van der Waals surface area contributed by atoms with Crippen LogP contribution in [-0.2, 0) is 5.92 Å². The second kappa shape index (κ2) is 4.31. The first-order valence-electron chi connectivity index (χ1n) is 5.51. The predicted octanol–water partition coefficient (Wildman–Crippen LogP) is 2.16. The molecule has 19 heavy (non-hydrogen) atoms. The van der Waals surface area contributed by atoms with E-state index in [0.29, 0.717) is 0 Å². The molecule has 0 aliphatic rings. The molecule has 0 saturated heterocycles. The molecule has 0 aromatic heterocycles. The first kappa shape index (κ1) is 12.9. The smallest absolute Gasteiger partial charge is 0.298 e. The van der Waals surface area contributed by atoms with E-state index in [9.17, 15) is 8.78 Å². The van der Waals surface area contributed by atoms with Crippen LogP contribution in [0.2, 0.25) is 0 Å². The number of hydrogen-bond acceptors (Lipinski definition) is 4. The summed E-state index contributed by atoms with van der Waals surface area (Å²) in [5, 5.41) is 0. The van der Waals surface area contributed by atoms with Crippen LogP contribution in [0.25, 0.3) is 0 Å². The Hall–Kier alpha value is -2.50.